The van der Waals surface area contributed by atoms with Gasteiger partial charge in [0.2, 0.25) is 5.91 Å². The maximum atomic E-state index is 12.0. The fraction of sp³-hybridized carbons (Fsp3) is 0.833. The van der Waals surface area contributed by atoms with Crippen LogP contribution in [0.5, 0.6) is 0 Å². The second kappa shape index (κ2) is 6.47. The van der Waals surface area contributed by atoms with E-state index in [9.17, 15) is 9.59 Å². The molecule has 0 aromatic heterocycles. The molecule has 0 atom stereocenters. The average Bonchev–Trinajstić information content (AvgIpc) is 2.13. The molecule has 100 valence electrons. The van der Waals surface area contributed by atoms with Gasteiger partial charge in [0.1, 0.15) is 6.54 Å². The smallest absolute Gasteiger partial charge is 0.318 e. The molecule has 5 nitrogen and oxygen atoms in total. The van der Waals surface area contributed by atoms with Gasteiger partial charge in [-0.15, -0.1) is 0 Å². The van der Waals surface area contributed by atoms with Crippen molar-refractivity contribution in [2.75, 3.05) is 27.2 Å². The molecule has 0 spiro atoms. The van der Waals surface area contributed by atoms with Gasteiger partial charge in [-0.2, -0.15) is 0 Å². The lowest BCUT2D eigenvalue weighted by molar-refractivity contribution is -0.129. The fourth-order valence-electron chi connectivity index (χ4n) is 1.23. The summed E-state index contributed by atoms with van der Waals surface area (Å²) in [6.45, 7) is 8.45. The number of carbonyl (C=O) groups excluding carboxylic acids is 2. The maximum Gasteiger partial charge on any atom is 0.318 e. The van der Waals surface area contributed by atoms with Gasteiger partial charge in [0.05, 0.1) is 0 Å². The summed E-state index contributed by atoms with van der Waals surface area (Å²) >= 11 is 0. The monoisotopic (exact) mass is 243 g/mol. The van der Waals surface area contributed by atoms with Crippen LogP contribution in [0.3, 0.4) is 0 Å². The number of carbonyl (C=O) groups is 2. The van der Waals surface area contributed by atoms with Crippen LogP contribution in [0.25, 0.3) is 0 Å². The van der Waals surface area contributed by atoms with Crippen LogP contribution in [0.2, 0.25) is 0 Å². The zero-order chi connectivity index (χ0) is 13.6. The molecule has 0 fully saturated rings. The lowest BCUT2D eigenvalue weighted by Gasteiger charge is -2.28. The van der Waals surface area contributed by atoms with E-state index < -0.39 is 0 Å². The van der Waals surface area contributed by atoms with Gasteiger partial charge in [-0.05, 0) is 27.2 Å². The van der Waals surface area contributed by atoms with E-state index in [0.29, 0.717) is 6.54 Å². The van der Waals surface area contributed by atoms with Crippen LogP contribution in [0, 0.1) is 0 Å². The third kappa shape index (κ3) is 6.81. The molecule has 0 unspecified atom stereocenters. The highest BCUT2D eigenvalue weighted by Crippen LogP contribution is 2.02. The van der Waals surface area contributed by atoms with E-state index in [2.05, 4.69) is 5.32 Å². The number of rotatable bonds is 4. The van der Waals surface area contributed by atoms with E-state index in [-0.39, 0.29) is 24.0 Å². The van der Waals surface area contributed by atoms with E-state index in [1.165, 1.54) is 4.90 Å². The van der Waals surface area contributed by atoms with Gasteiger partial charge >= 0.3 is 6.03 Å². The van der Waals surface area contributed by atoms with Crippen LogP contribution < -0.4 is 5.32 Å². The Morgan fingerprint density at radius 1 is 1.18 bits per heavy atom. The molecule has 0 aliphatic carbocycles. The van der Waals surface area contributed by atoms with E-state index in [0.717, 1.165) is 6.42 Å². The third-order valence-corrected chi connectivity index (χ3v) is 2.09. The summed E-state index contributed by atoms with van der Waals surface area (Å²) in [6.07, 6.45) is 0.832. The Kier molecular flexibility index (Phi) is 5.99. The van der Waals surface area contributed by atoms with Crippen molar-refractivity contribution in [3.05, 3.63) is 0 Å². The molecule has 0 saturated heterocycles. The number of likely N-dealkylation sites (N-methyl/N-ethyl adjacent to an activating group) is 1. The van der Waals surface area contributed by atoms with Gasteiger partial charge in [-0.3, -0.25) is 4.79 Å². The predicted octanol–water partition coefficient (Wildman–Crippen LogP) is 1.29. The zero-order valence-corrected chi connectivity index (χ0v) is 11.8. The second-order valence-corrected chi connectivity index (χ2v) is 5.39. The van der Waals surface area contributed by atoms with Crippen molar-refractivity contribution in [2.24, 2.45) is 0 Å². The van der Waals surface area contributed by atoms with Crippen LogP contribution in [0.15, 0.2) is 0 Å². The number of nitrogens with one attached hydrogen (secondary N) is 1. The summed E-state index contributed by atoms with van der Waals surface area (Å²) < 4.78 is 0. The van der Waals surface area contributed by atoms with Gasteiger partial charge in [0, 0.05) is 26.2 Å². The lowest BCUT2D eigenvalue weighted by atomic mass is 10.1. The Bertz CT molecular complexity index is 269. The number of hydrogen-bond donors (Lipinski definition) is 1. The molecule has 0 aromatic rings. The summed E-state index contributed by atoms with van der Waals surface area (Å²) in [7, 11) is 3.38. The average molecular weight is 243 g/mol. The van der Waals surface area contributed by atoms with Crippen molar-refractivity contribution in [2.45, 2.75) is 39.7 Å². The molecule has 17 heavy (non-hydrogen) atoms. The Balaban J connectivity index is 4.51. The van der Waals surface area contributed by atoms with Crippen molar-refractivity contribution in [1.82, 2.24) is 15.1 Å². The standard InChI is InChI=1S/C12H25N3O2/c1-7-8-15(9-10(16)14(5)6)11(17)13-12(2,3)4/h7-9H2,1-6H3,(H,13,17). The first-order chi connectivity index (χ1) is 7.67. The number of amides is 3. The second-order valence-electron chi connectivity index (χ2n) is 5.39. The topological polar surface area (TPSA) is 52.7 Å². The predicted molar refractivity (Wildman–Crippen MR) is 68.8 cm³/mol. The minimum atomic E-state index is -0.287. The van der Waals surface area contributed by atoms with Crippen LogP contribution in [0.1, 0.15) is 34.1 Å². The van der Waals surface area contributed by atoms with E-state index in [4.69, 9.17) is 0 Å². The van der Waals surface area contributed by atoms with Crippen LogP contribution in [0.4, 0.5) is 4.79 Å². The first-order valence-electron chi connectivity index (χ1n) is 5.94. The van der Waals surface area contributed by atoms with Crippen molar-refractivity contribution in [3.63, 3.8) is 0 Å². The first kappa shape index (κ1) is 15.7. The van der Waals surface area contributed by atoms with Gasteiger partial charge in [-0.1, -0.05) is 6.92 Å². The molecule has 0 aromatic carbocycles. The maximum absolute atomic E-state index is 12.0. The molecule has 0 rings (SSSR count). The van der Waals surface area contributed by atoms with Crippen LogP contribution in [-0.2, 0) is 4.79 Å². The summed E-state index contributed by atoms with van der Waals surface area (Å²) in [5.41, 5.74) is -0.287. The fourth-order valence-corrected chi connectivity index (χ4v) is 1.23. The Morgan fingerprint density at radius 2 is 1.71 bits per heavy atom. The molecule has 0 saturated carbocycles. The zero-order valence-electron chi connectivity index (χ0n) is 11.8. The summed E-state index contributed by atoms with van der Waals surface area (Å²) in [5, 5.41) is 2.86. The number of urea groups is 1. The van der Waals surface area contributed by atoms with Crippen molar-refractivity contribution in [3.8, 4) is 0 Å². The normalized spacial score (nSPS) is 10.9. The Morgan fingerprint density at radius 3 is 2.06 bits per heavy atom. The molecular formula is C12H25N3O2. The quantitative estimate of drug-likeness (QED) is 0.809. The lowest BCUT2D eigenvalue weighted by Crippen LogP contribution is -2.51. The van der Waals surface area contributed by atoms with Crippen molar-refractivity contribution < 1.29 is 9.59 Å². The van der Waals surface area contributed by atoms with Crippen molar-refractivity contribution >= 4 is 11.9 Å². The molecule has 3 amide bonds. The molecule has 0 heterocycles. The van der Waals surface area contributed by atoms with E-state index in [1.807, 2.05) is 27.7 Å². The van der Waals surface area contributed by atoms with E-state index >= 15 is 0 Å². The Hall–Kier alpha value is -1.26. The summed E-state index contributed by atoms with van der Waals surface area (Å²) in [5.74, 6) is -0.0671. The highest BCUT2D eigenvalue weighted by Gasteiger charge is 2.21. The van der Waals surface area contributed by atoms with Crippen molar-refractivity contribution in [1.29, 1.82) is 0 Å². The Labute approximate surface area is 104 Å². The molecule has 0 radical (unpaired) electrons. The van der Waals surface area contributed by atoms with Crippen LogP contribution >= 0.6 is 0 Å². The van der Waals surface area contributed by atoms with Gasteiger partial charge < -0.3 is 15.1 Å². The molecule has 5 heteroatoms. The molecule has 1 N–H and O–H groups in total. The highest BCUT2D eigenvalue weighted by atomic mass is 16.2. The summed E-state index contributed by atoms with van der Waals surface area (Å²) in [4.78, 5) is 26.6. The molecule has 0 aliphatic heterocycles. The number of hydrogen-bond acceptors (Lipinski definition) is 2. The molecule has 0 aliphatic rings. The largest absolute Gasteiger partial charge is 0.347 e. The molecule has 0 bridgehead atoms. The number of nitrogens with zero attached hydrogens (tertiary/aromatic N) is 2. The van der Waals surface area contributed by atoms with Crippen LogP contribution in [-0.4, -0.2) is 54.5 Å². The third-order valence-electron chi connectivity index (χ3n) is 2.09. The SMILES string of the molecule is CCCN(CC(=O)N(C)C)C(=O)NC(C)(C)C. The van der Waals surface area contributed by atoms with Gasteiger partial charge in [0.25, 0.3) is 0 Å². The van der Waals surface area contributed by atoms with E-state index in [1.54, 1.807) is 19.0 Å². The first-order valence-corrected chi connectivity index (χ1v) is 5.94. The molecular weight excluding hydrogens is 218 g/mol. The summed E-state index contributed by atoms with van der Waals surface area (Å²) in [6, 6.07) is -0.186. The van der Waals surface area contributed by atoms with Gasteiger partial charge in [0.15, 0.2) is 0 Å². The van der Waals surface area contributed by atoms with Gasteiger partial charge in [-0.25, -0.2) is 4.79 Å². The minimum absolute atomic E-state index is 0.0671. The minimum Gasteiger partial charge on any atom is -0.347 e. The highest BCUT2D eigenvalue weighted by molar-refractivity contribution is 5.84.